The van der Waals surface area contributed by atoms with Crippen LogP contribution in [-0.2, 0) is 4.79 Å². The first-order chi connectivity index (χ1) is 8.04. The van der Waals surface area contributed by atoms with Gasteiger partial charge in [0.1, 0.15) is 0 Å². The number of rotatable bonds is 5. The second-order valence-electron chi connectivity index (χ2n) is 5.41. The highest BCUT2D eigenvalue weighted by Crippen LogP contribution is 2.16. The van der Waals surface area contributed by atoms with Crippen molar-refractivity contribution in [1.82, 2.24) is 15.1 Å². The summed E-state index contributed by atoms with van der Waals surface area (Å²) < 4.78 is 0. The zero-order valence-corrected chi connectivity index (χ0v) is 11.7. The van der Waals surface area contributed by atoms with Crippen molar-refractivity contribution in [2.24, 2.45) is 5.92 Å². The average molecular weight is 241 g/mol. The summed E-state index contributed by atoms with van der Waals surface area (Å²) in [6.07, 6.45) is 2.38. The van der Waals surface area contributed by atoms with E-state index in [1.54, 1.807) is 0 Å². The second kappa shape index (κ2) is 6.97. The molecule has 1 heterocycles. The number of hydrogen-bond donors (Lipinski definition) is 1. The van der Waals surface area contributed by atoms with E-state index < -0.39 is 0 Å². The van der Waals surface area contributed by atoms with E-state index in [0.29, 0.717) is 18.5 Å². The van der Waals surface area contributed by atoms with Crippen LogP contribution in [0.5, 0.6) is 0 Å². The molecule has 0 spiro atoms. The highest BCUT2D eigenvalue weighted by molar-refractivity contribution is 5.78. The molecule has 17 heavy (non-hydrogen) atoms. The lowest BCUT2D eigenvalue weighted by Crippen LogP contribution is -2.47. The molecule has 0 radical (unpaired) electrons. The summed E-state index contributed by atoms with van der Waals surface area (Å²) in [4.78, 5) is 16.3. The molecule has 1 rings (SSSR count). The van der Waals surface area contributed by atoms with Crippen LogP contribution < -0.4 is 5.32 Å². The molecule has 1 fully saturated rings. The van der Waals surface area contributed by atoms with Crippen LogP contribution in [-0.4, -0.2) is 62.0 Å². The number of likely N-dealkylation sites (N-methyl/N-ethyl adjacent to an activating group) is 1. The number of hydrogen-bond acceptors (Lipinski definition) is 3. The largest absolute Gasteiger partial charge is 0.341 e. The minimum absolute atomic E-state index is 0.280. The van der Waals surface area contributed by atoms with E-state index in [1.807, 2.05) is 19.0 Å². The smallest absolute Gasteiger partial charge is 0.236 e. The maximum atomic E-state index is 12.1. The van der Waals surface area contributed by atoms with Crippen molar-refractivity contribution in [3.8, 4) is 0 Å². The van der Waals surface area contributed by atoms with Crippen molar-refractivity contribution < 1.29 is 4.79 Å². The first kappa shape index (κ1) is 14.5. The molecule has 1 aliphatic rings. The lowest BCUT2D eigenvalue weighted by Gasteiger charge is -2.34. The van der Waals surface area contributed by atoms with Crippen molar-refractivity contribution in [1.29, 1.82) is 0 Å². The van der Waals surface area contributed by atoms with Gasteiger partial charge in [-0.15, -0.1) is 0 Å². The van der Waals surface area contributed by atoms with Crippen molar-refractivity contribution in [3.63, 3.8) is 0 Å². The SMILES string of the molecule is CNCC1CCCN(C(=O)CN(C)C(C)C)C1. The summed E-state index contributed by atoms with van der Waals surface area (Å²) >= 11 is 0. The molecule has 1 aliphatic heterocycles. The Morgan fingerprint density at radius 2 is 2.24 bits per heavy atom. The van der Waals surface area contributed by atoms with Crippen molar-refractivity contribution in [2.75, 3.05) is 40.3 Å². The third-order valence-corrected chi connectivity index (χ3v) is 3.63. The molecule has 0 aromatic heterocycles. The Labute approximate surface area is 105 Å². The highest BCUT2D eigenvalue weighted by Gasteiger charge is 2.23. The van der Waals surface area contributed by atoms with Gasteiger partial charge >= 0.3 is 0 Å². The monoisotopic (exact) mass is 241 g/mol. The minimum Gasteiger partial charge on any atom is -0.341 e. The Hall–Kier alpha value is -0.610. The van der Waals surface area contributed by atoms with Crippen molar-refractivity contribution in [2.45, 2.75) is 32.7 Å². The number of piperidine rings is 1. The second-order valence-corrected chi connectivity index (χ2v) is 5.41. The van der Waals surface area contributed by atoms with Gasteiger partial charge in [0.2, 0.25) is 5.91 Å². The first-order valence-corrected chi connectivity index (χ1v) is 6.67. The standard InChI is InChI=1S/C13H27N3O/c1-11(2)15(4)10-13(17)16-7-5-6-12(9-16)8-14-3/h11-12,14H,5-10H2,1-4H3. The summed E-state index contributed by atoms with van der Waals surface area (Å²) in [5, 5.41) is 3.21. The van der Waals surface area contributed by atoms with Gasteiger partial charge in [-0.2, -0.15) is 0 Å². The van der Waals surface area contributed by atoms with E-state index >= 15 is 0 Å². The van der Waals surface area contributed by atoms with Gasteiger partial charge in [0.05, 0.1) is 6.54 Å². The molecule has 1 N–H and O–H groups in total. The third kappa shape index (κ3) is 4.64. The fraction of sp³-hybridized carbons (Fsp3) is 0.923. The summed E-state index contributed by atoms with van der Waals surface area (Å²) in [6, 6.07) is 0.428. The zero-order chi connectivity index (χ0) is 12.8. The Morgan fingerprint density at radius 3 is 2.82 bits per heavy atom. The van der Waals surface area contributed by atoms with E-state index in [9.17, 15) is 4.79 Å². The highest BCUT2D eigenvalue weighted by atomic mass is 16.2. The Bertz CT molecular complexity index is 241. The molecule has 4 nitrogen and oxygen atoms in total. The molecule has 0 saturated carbocycles. The molecular weight excluding hydrogens is 214 g/mol. The van der Waals surface area contributed by atoms with Crippen LogP contribution in [0.2, 0.25) is 0 Å². The van der Waals surface area contributed by atoms with Gasteiger partial charge < -0.3 is 10.2 Å². The molecule has 0 aromatic rings. The van der Waals surface area contributed by atoms with E-state index in [1.165, 1.54) is 6.42 Å². The van der Waals surface area contributed by atoms with E-state index in [0.717, 1.165) is 26.1 Å². The molecule has 1 saturated heterocycles. The first-order valence-electron chi connectivity index (χ1n) is 6.67. The molecular formula is C13H27N3O. The molecule has 4 heteroatoms. The lowest BCUT2D eigenvalue weighted by molar-refractivity contribution is -0.134. The summed E-state index contributed by atoms with van der Waals surface area (Å²) in [5.41, 5.74) is 0. The van der Waals surface area contributed by atoms with Gasteiger partial charge in [-0.05, 0) is 53.2 Å². The summed E-state index contributed by atoms with van der Waals surface area (Å²) in [7, 11) is 3.99. The van der Waals surface area contributed by atoms with Gasteiger partial charge in [-0.3, -0.25) is 9.69 Å². The van der Waals surface area contributed by atoms with Crippen LogP contribution in [0.1, 0.15) is 26.7 Å². The molecule has 1 unspecified atom stereocenters. The predicted octanol–water partition coefficient (Wildman–Crippen LogP) is 0.785. The number of carbonyl (C=O) groups excluding carboxylic acids is 1. The maximum absolute atomic E-state index is 12.1. The number of likely N-dealkylation sites (tertiary alicyclic amines) is 1. The molecule has 0 aromatic carbocycles. The fourth-order valence-electron chi connectivity index (χ4n) is 2.24. The number of amides is 1. The summed E-state index contributed by atoms with van der Waals surface area (Å²) in [6.45, 7) is 7.66. The van der Waals surface area contributed by atoms with E-state index in [2.05, 4.69) is 24.1 Å². The van der Waals surface area contributed by atoms with Crippen molar-refractivity contribution in [3.05, 3.63) is 0 Å². The lowest BCUT2D eigenvalue weighted by atomic mass is 9.98. The summed E-state index contributed by atoms with van der Waals surface area (Å²) in [5.74, 6) is 0.907. The molecule has 0 bridgehead atoms. The van der Waals surface area contributed by atoms with Crippen LogP contribution in [0.25, 0.3) is 0 Å². The Balaban J connectivity index is 2.40. The van der Waals surface area contributed by atoms with Crippen LogP contribution >= 0.6 is 0 Å². The van der Waals surface area contributed by atoms with Gasteiger partial charge in [-0.1, -0.05) is 0 Å². The zero-order valence-electron chi connectivity index (χ0n) is 11.7. The molecule has 100 valence electrons. The molecule has 1 atom stereocenters. The van der Waals surface area contributed by atoms with Gasteiger partial charge in [0.15, 0.2) is 0 Å². The van der Waals surface area contributed by atoms with Gasteiger partial charge in [0, 0.05) is 19.1 Å². The topological polar surface area (TPSA) is 35.6 Å². The van der Waals surface area contributed by atoms with Crippen LogP contribution in [0.3, 0.4) is 0 Å². The average Bonchev–Trinajstić information content (AvgIpc) is 2.29. The predicted molar refractivity (Wildman–Crippen MR) is 71.0 cm³/mol. The Morgan fingerprint density at radius 1 is 1.53 bits per heavy atom. The quantitative estimate of drug-likeness (QED) is 0.773. The number of nitrogens with one attached hydrogen (secondary N) is 1. The van der Waals surface area contributed by atoms with Crippen LogP contribution in [0.4, 0.5) is 0 Å². The van der Waals surface area contributed by atoms with E-state index in [-0.39, 0.29) is 5.91 Å². The number of nitrogens with zero attached hydrogens (tertiary/aromatic N) is 2. The van der Waals surface area contributed by atoms with Crippen LogP contribution in [0, 0.1) is 5.92 Å². The Kier molecular flexibility index (Phi) is 5.92. The molecule has 0 aliphatic carbocycles. The molecule has 1 amide bonds. The normalized spacial score (nSPS) is 21.3. The third-order valence-electron chi connectivity index (χ3n) is 3.63. The minimum atomic E-state index is 0.280. The number of carbonyl (C=O) groups is 1. The van der Waals surface area contributed by atoms with Gasteiger partial charge in [-0.25, -0.2) is 0 Å². The maximum Gasteiger partial charge on any atom is 0.236 e. The fourth-order valence-corrected chi connectivity index (χ4v) is 2.24. The van der Waals surface area contributed by atoms with Crippen molar-refractivity contribution >= 4 is 5.91 Å². The van der Waals surface area contributed by atoms with Gasteiger partial charge in [0.25, 0.3) is 0 Å². The van der Waals surface area contributed by atoms with E-state index in [4.69, 9.17) is 0 Å². The van der Waals surface area contributed by atoms with Crippen LogP contribution in [0.15, 0.2) is 0 Å².